The molecule has 1 aromatic carbocycles. The minimum Gasteiger partial charge on any atom is -0.488 e. The highest BCUT2D eigenvalue weighted by molar-refractivity contribution is 5.94. The number of aromatic nitrogens is 1. The van der Waals surface area contributed by atoms with E-state index in [2.05, 4.69) is 10.5 Å². The highest BCUT2D eigenvalue weighted by Crippen LogP contribution is 2.22. The number of rotatable bonds is 6. The molecule has 0 aliphatic carbocycles. The molecular weight excluding hydrogens is 336 g/mol. The van der Waals surface area contributed by atoms with Crippen LogP contribution in [0.4, 0.5) is 0 Å². The first kappa shape index (κ1) is 19.5. The molecule has 140 valence electrons. The third-order valence-electron chi connectivity index (χ3n) is 3.51. The van der Waals surface area contributed by atoms with Crippen LogP contribution in [0.25, 0.3) is 0 Å². The van der Waals surface area contributed by atoms with Crippen molar-refractivity contribution in [3.05, 3.63) is 46.8 Å². The monoisotopic (exact) mass is 360 g/mol. The lowest BCUT2D eigenvalue weighted by atomic mass is 10.1. The van der Waals surface area contributed by atoms with Crippen LogP contribution in [0.3, 0.4) is 0 Å². The molecule has 1 heterocycles. The Hall–Kier alpha value is -2.83. The second kappa shape index (κ2) is 8.03. The van der Waals surface area contributed by atoms with E-state index in [4.69, 9.17) is 14.0 Å². The van der Waals surface area contributed by atoms with E-state index < -0.39 is 11.5 Å². The molecule has 0 unspecified atom stereocenters. The Morgan fingerprint density at radius 2 is 1.88 bits per heavy atom. The molecule has 0 aliphatic rings. The summed E-state index contributed by atoms with van der Waals surface area (Å²) in [6, 6.07) is 6.72. The fraction of sp³-hybridized carbons (Fsp3) is 0.421. The number of carbonyl (C=O) groups excluding carboxylic acids is 2. The molecule has 0 spiro atoms. The molecule has 7 nitrogen and oxygen atoms in total. The maximum Gasteiger partial charge on any atom is 0.342 e. The molecule has 1 amide bonds. The highest BCUT2D eigenvalue weighted by atomic mass is 16.5. The summed E-state index contributed by atoms with van der Waals surface area (Å²) >= 11 is 0. The number of nitrogens with one attached hydrogen (secondary N) is 1. The maximum atomic E-state index is 12.3. The van der Waals surface area contributed by atoms with Crippen molar-refractivity contribution in [2.45, 2.75) is 46.8 Å². The Bertz CT molecular complexity index is 770. The van der Waals surface area contributed by atoms with Gasteiger partial charge in [0.25, 0.3) is 5.91 Å². The molecule has 26 heavy (non-hydrogen) atoms. The van der Waals surface area contributed by atoms with Gasteiger partial charge in [-0.15, -0.1) is 0 Å². The summed E-state index contributed by atoms with van der Waals surface area (Å²) in [5.41, 5.74) is 1.43. The number of para-hydroxylation sites is 1. The van der Waals surface area contributed by atoms with Crippen LogP contribution in [0.5, 0.6) is 5.75 Å². The number of hydrogen-bond donors (Lipinski definition) is 1. The number of benzene rings is 1. The molecule has 0 bridgehead atoms. The molecule has 2 aromatic rings. The molecule has 0 atom stereocenters. The highest BCUT2D eigenvalue weighted by Gasteiger charge is 2.19. The van der Waals surface area contributed by atoms with E-state index in [1.165, 1.54) is 0 Å². The average molecular weight is 360 g/mol. The minimum atomic E-state index is -0.622. The van der Waals surface area contributed by atoms with Gasteiger partial charge in [0, 0.05) is 5.54 Å². The van der Waals surface area contributed by atoms with Crippen LogP contribution >= 0.6 is 0 Å². The lowest BCUT2D eigenvalue weighted by Gasteiger charge is -2.20. The van der Waals surface area contributed by atoms with Crippen LogP contribution in [-0.4, -0.2) is 29.2 Å². The van der Waals surface area contributed by atoms with Gasteiger partial charge in [-0.25, -0.2) is 4.79 Å². The zero-order valence-corrected chi connectivity index (χ0v) is 15.7. The summed E-state index contributed by atoms with van der Waals surface area (Å²) in [6.45, 7) is 9.04. The summed E-state index contributed by atoms with van der Waals surface area (Å²) in [4.78, 5) is 24.1. The molecule has 1 aromatic heterocycles. The van der Waals surface area contributed by atoms with Gasteiger partial charge in [0.15, 0.2) is 6.61 Å². The van der Waals surface area contributed by atoms with E-state index in [9.17, 15) is 9.59 Å². The first-order chi connectivity index (χ1) is 12.2. The van der Waals surface area contributed by atoms with Gasteiger partial charge in [0.1, 0.15) is 23.7 Å². The van der Waals surface area contributed by atoms with E-state index in [1.807, 2.05) is 27.7 Å². The van der Waals surface area contributed by atoms with Gasteiger partial charge in [-0.2, -0.15) is 0 Å². The van der Waals surface area contributed by atoms with E-state index in [1.54, 1.807) is 31.2 Å². The minimum absolute atomic E-state index is 0.218. The first-order valence-electron chi connectivity index (χ1n) is 8.29. The van der Waals surface area contributed by atoms with Gasteiger partial charge >= 0.3 is 5.97 Å². The van der Waals surface area contributed by atoms with E-state index in [0.717, 1.165) is 11.3 Å². The zero-order chi connectivity index (χ0) is 19.3. The number of amides is 1. The van der Waals surface area contributed by atoms with Crippen molar-refractivity contribution >= 4 is 11.9 Å². The predicted octanol–water partition coefficient (Wildman–Crippen LogP) is 2.94. The van der Waals surface area contributed by atoms with Crippen molar-refractivity contribution in [1.29, 1.82) is 0 Å². The van der Waals surface area contributed by atoms with E-state index in [-0.39, 0.29) is 24.7 Å². The van der Waals surface area contributed by atoms with Gasteiger partial charge in [0.05, 0.1) is 11.3 Å². The molecule has 2 rings (SSSR count). The van der Waals surface area contributed by atoms with Crippen molar-refractivity contribution in [2.24, 2.45) is 0 Å². The van der Waals surface area contributed by atoms with Crippen LogP contribution in [0.1, 0.15) is 48.1 Å². The number of carbonyl (C=O) groups is 2. The third kappa shape index (κ3) is 5.34. The van der Waals surface area contributed by atoms with Crippen LogP contribution in [0.2, 0.25) is 0 Å². The van der Waals surface area contributed by atoms with Crippen molar-refractivity contribution in [1.82, 2.24) is 10.5 Å². The topological polar surface area (TPSA) is 90.7 Å². The van der Waals surface area contributed by atoms with Crippen LogP contribution in [0, 0.1) is 13.8 Å². The van der Waals surface area contributed by atoms with E-state index >= 15 is 0 Å². The molecule has 0 saturated carbocycles. The molecule has 0 fully saturated rings. The van der Waals surface area contributed by atoms with Crippen molar-refractivity contribution < 1.29 is 23.6 Å². The summed E-state index contributed by atoms with van der Waals surface area (Å²) < 4.78 is 15.9. The second-order valence-corrected chi connectivity index (χ2v) is 6.96. The first-order valence-corrected chi connectivity index (χ1v) is 8.29. The smallest absolute Gasteiger partial charge is 0.342 e. The lowest BCUT2D eigenvalue weighted by Crippen LogP contribution is -2.42. The Kier molecular flexibility index (Phi) is 6.02. The number of aryl methyl sites for hydroxylation is 2. The summed E-state index contributed by atoms with van der Waals surface area (Å²) in [6.07, 6.45) is 0. The maximum absolute atomic E-state index is 12.3. The Morgan fingerprint density at radius 3 is 2.50 bits per heavy atom. The summed E-state index contributed by atoms with van der Waals surface area (Å²) in [5.74, 6) is 0.0542. The predicted molar refractivity (Wildman–Crippen MR) is 94.9 cm³/mol. The fourth-order valence-corrected chi connectivity index (χ4v) is 2.28. The second-order valence-electron chi connectivity index (χ2n) is 6.96. The molecule has 0 aliphatic heterocycles. The quantitative estimate of drug-likeness (QED) is 0.797. The van der Waals surface area contributed by atoms with Crippen LogP contribution in [-0.2, 0) is 16.1 Å². The van der Waals surface area contributed by atoms with Crippen molar-refractivity contribution in [3.8, 4) is 5.75 Å². The van der Waals surface area contributed by atoms with Crippen molar-refractivity contribution in [2.75, 3.05) is 6.61 Å². The third-order valence-corrected chi connectivity index (χ3v) is 3.51. The molecule has 0 radical (unpaired) electrons. The fourth-order valence-electron chi connectivity index (χ4n) is 2.28. The summed E-state index contributed by atoms with van der Waals surface area (Å²) in [7, 11) is 0. The van der Waals surface area contributed by atoms with Gasteiger partial charge in [0.2, 0.25) is 0 Å². The average Bonchev–Trinajstić information content (AvgIpc) is 2.88. The van der Waals surface area contributed by atoms with Crippen molar-refractivity contribution in [3.63, 3.8) is 0 Å². The molecule has 1 N–H and O–H groups in total. The molecule has 7 heteroatoms. The lowest BCUT2D eigenvalue weighted by molar-refractivity contribution is -0.125. The normalized spacial score (nSPS) is 11.1. The van der Waals surface area contributed by atoms with Gasteiger partial charge < -0.3 is 19.3 Å². The largest absolute Gasteiger partial charge is 0.488 e. The Balaban J connectivity index is 2.01. The number of esters is 1. The number of hydrogen-bond acceptors (Lipinski definition) is 6. The van der Waals surface area contributed by atoms with Gasteiger partial charge in [-0.05, 0) is 46.8 Å². The standard InChI is InChI=1S/C19H24N2O5/c1-12-15(13(2)26-21-12)10-24-16-9-7-6-8-14(16)18(23)25-11-17(22)20-19(3,4)5/h6-9H,10-11H2,1-5H3,(H,20,22). The Morgan fingerprint density at radius 1 is 1.19 bits per heavy atom. The van der Waals surface area contributed by atoms with Gasteiger partial charge in [-0.3, -0.25) is 4.79 Å². The SMILES string of the molecule is Cc1noc(C)c1COc1ccccc1C(=O)OCC(=O)NC(C)(C)C. The Labute approximate surface area is 152 Å². The number of nitrogens with zero attached hydrogens (tertiary/aromatic N) is 1. The molecule has 0 saturated heterocycles. The van der Waals surface area contributed by atoms with Crippen LogP contribution in [0.15, 0.2) is 28.8 Å². The van der Waals surface area contributed by atoms with Crippen LogP contribution < -0.4 is 10.1 Å². The van der Waals surface area contributed by atoms with Gasteiger partial charge in [-0.1, -0.05) is 17.3 Å². The molecular formula is C19H24N2O5. The summed E-state index contributed by atoms with van der Waals surface area (Å²) in [5, 5.41) is 6.60. The van der Waals surface area contributed by atoms with E-state index in [0.29, 0.717) is 11.5 Å². The number of ether oxygens (including phenoxy) is 2. The zero-order valence-electron chi connectivity index (χ0n) is 15.7.